The lowest BCUT2D eigenvalue weighted by atomic mass is 10.3. The van der Waals surface area contributed by atoms with Crippen molar-refractivity contribution in [1.82, 2.24) is 4.98 Å². The summed E-state index contributed by atoms with van der Waals surface area (Å²) in [6.45, 7) is 0. The minimum Gasteiger partial charge on any atom is -0.439 e. The molecule has 2 rings (SSSR count). The van der Waals surface area contributed by atoms with Crippen LogP contribution in [0, 0.1) is 5.82 Å². The zero-order chi connectivity index (χ0) is 13.0. The molecule has 0 unspecified atom stereocenters. The summed E-state index contributed by atoms with van der Waals surface area (Å²) >= 11 is 7.38. The van der Waals surface area contributed by atoms with E-state index in [0.29, 0.717) is 17.2 Å². The highest BCUT2D eigenvalue weighted by Crippen LogP contribution is 2.26. The van der Waals surface area contributed by atoms with Gasteiger partial charge in [0.15, 0.2) is 0 Å². The molecular formula is C13H11ClFNOS. The van der Waals surface area contributed by atoms with Gasteiger partial charge in [0.25, 0.3) is 0 Å². The summed E-state index contributed by atoms with van der Waals surface area (Å²) in [6, 6.07) is 8.91. The maximum absolute atomic E-state index is 13.0. The second-order valence-electron chi connectivity index (χ2n) is 3.53. The molecule has 0 N–H and O–H groups in total. The van der Waals surface area contributed by atoms with E-state index in [0.717, 1.165) is 11.1 Å². The first kappa shape index (κ1) is 13.2. The molecule has 2 aromatic rings. The van der Waals surface area contributed by atoms with Crippen molar-refractivity contribution in [2.45, 2.75) is 10.8 Å². The maximum atomic E-state index is 13.0. The number of ether oxygens (including phenoxy) is 1. The Morgan fingerprint density at radius 2 is 2.06 bits per heavy atom. The van der Waals surface area contributed by atoms with E-state index >= 15 is 0 Å². The zero-order valence-electron chi connectivity index (χ0n) is 9.69. The molecule has 0 aliphatic rings. The Hall–Kier alpha value is -1.26. The van der Waals surface area contributed by atoms with Crippen LogP contribution >= 0.6 is 23.4 Å². The summed E-state index contributed by atoms with van der Waals surface area (Å²) < 4.78 is 18.6. The quantitative estimate of drug-likeness (QED) is 0.610. The smallest absolute Gasteiger partial charge is 0.223 e. The summed E-state index contributed by atoms with van der Waals surface area (Å²) in [4.78, 5) is 5.05. The third-order valence-corrected chi connectivity index (χ3v) is 3.34. The summed E-state index contributed by atoms with van der Waals surface area (Å²) in [5, 5.41) is 0. The summed E-state index contributed by atoms with van der Waals surface area (Å²) in [5.41, 5.74) is 0.533. The van der Waals surface area contributed by atoms with Crippen LogP contribution in [0.25, 0.3) is 0 Å². The molecule has 1 aromatic carbocycles. The molecule has 0 bridgehead atoms. The molecule has 0 atom stereocenters. The molecular weight excluding hydrogens is 273 g/mol. The highest BCUT2D eigenvalue weighted by Gasteiger charge is 2.07. The fraction of sp³-hybridized carbons (Fsp3) is 0.154. The van der Waals surface area contributed by atoms with Crippen LogP contribution in [0.3, 0.4) is 0 Å². The van der Waals surface area contributed by atoms with Gasteiger partial charge in [-0.05, 0) is 36.6 Å². The van der Waals surface area contributed by atoms with Crippen LogP contribution in [-0.2, 0) is 5.88 Å². The Bertz CT molecular complexity index is 533. The van der Waals surface area contributed by atoms with Crippen molar-refractivity contribution >= 4 is 23.4 Å². The lowest BCUT2D eigenvalue weighted by molar-refractivity contribution is 0.454. The Morgan fingerprint density at radius 1 is 1.33 bits per heavy atom. The standard InChI is InChI=1S/C13H11ClFNOS/c1-18-12-4-2-11(3-5-12)17-13-9(7-14)6-10(15)8-16-13/h2-6,8H,7H2,1H3. The summed E-state index contributed by atoms with van der Waals surface area (Å²) in [5.74, 6) is 0.723. The normalized spacial score (nSPS) is 10.4. The van der Waals surface area contributed by atoms with Crippen LogP contribution in [-0.4, -0.2) is 11.2 Å². The van der Waals surface area contributed by atoms with E-state index in [2.05, 4.69) is 4.98 Å². The molecule has 0 saturated heterocycles. The number of benzene rings is 1. The minimum absolute atomic E-state index is 0.156. The number of pyridine rings is 1. The molecule has 0 spiro atoms. The molecule has 18 heavy (non-hydrogen) atoms. The van der Waals surface area contributed by atoms with Gasteiger partial charge in [0, 0.05) is 10.5 Å². The number of hydrogen-bond acceptors (Lipinski definition) is 3. The molecule has 2 nitrogen and oxygen atoms in total. The van der Waals surface area contributed by atoms with E-state index in [9.17, 15) is 4.39 Å². The van der Waals surface area contributed by atoms with Crippen LogP contribution in [0.1, 0.15) is 5.56 Å². The van der Waals surface area contributed by atoms with Crippen molar-refractivity contribution in [2.75, 3.05) is 6.26 Å². The molecule has 94 valence electrons. The van der Waals surface area contributed by atoms with Gasteiger partial charge in [-0.1, -0.05) is 0 Å². The molecule has 0 fully saturated rings. The average molecular weight is 284 g/mol. The van der Waals surface area contributed by atoms with Crippen LogP contribution in [0.2, 0.25) is 0 Å². The highest BCUT2D eigenvalue weighted by atomic mass is 35.5. The fourth-order valence-electron chi connectivity index (χ4n) is 1.41. The van der Waals surface area contributed by atoms with Gasteiger partial charge in [-0.15, -0.1) is 23.4 Å². The van der Waals surface area contributed by atoms with Crippen molar-refractivity contribution in [3.05, 3.63) is 47.9 Å². The van der Waals surface area contributed by atoms with E-state index in [1.165, 1.54) is 6.07 Å². The Labute approximate surface area is 114 Å². The Kier molecular flexibility index (Phi) is 4.44. The van der Waals surface area contributed by atoms with E-state index in [1.54, 1.807) is 11.8 Å². The molecule has 5 heteroatoms. The summed E-state index contributed by atoms with van der Waals surface area (Å²) in [6.07, 6.45) is 3.12. The van der Waals surface area contributed by atoms with Crippen molar-refractivity contribution in [3.63, 3.8) is 0 Å². The van der Waals surface area contributed by atoms with Crippen LogP contribution in [0.5, 0.6) is 11.6 Å². The number of nitrogens with zero attached hydrogens (tertiary/aromatic N) is 1. The second-order valence-corrected chi connectivity index (χ2v) is 4.68. The molecule has 0 aliphatic heterocycles. The largest absolute Gasteiger partial charge is 0.439 e. The average Bonchev–Trinajstić information content (AvgIpc) is 2.41. The first-order valence-electron chi connectivity index (χ1n) is 5.25. The van der Waals surface area contributed by atoms with Gasteiger partial charge in [0.05, 0.1) is 12.1 Å². The van der Waals surface area contributed by atoms with Gasteiger partial charge < -0.3 is 4.74 Å². The number of hydrogen-bond donors (Lipinski definition) is 0. The predicted octanol–water partition coefficient (Wildman–Crippen LogP) is 4.47. The van der Waals surface area contributed by atoms with Crippen LogP contribution < -0.4 is 4.74 Å². The fourth-order valence-corrected chi connectivity index (χ4v) is 2.01. The third-order valence-electron chi connectivity index (χ3n) is 2.31. The molecule has 0 amide bonds. The van der Waals surface area contributed by atoms with Crippen molar-refractivity contribution in [3.8, 4) is 11.6 Å². The molecule has 1 aromatic heterocycles. The number of alkyl halides is 1. The Balaban J connectivity index is 2.22. The molecule has 0 saturated carbocycles. The van der Waals surface area contributed by atoms with Gasteiger partial charge >= 0.3 is 0 Å². The first-order chi connectivity index (χ1) is 8.72. The molecule has 1 heterocycles. The SMILES string of the molecule is CSc1ccc(Oc2ncc(F)cc2CCl)cc1. The van der Waals surface area contributed by atoms with E-state index < -0.39 is 5.82 Å². The number of rotatable bonds is 4. The van der Waals surface area contributed by atoms with Crippen molar-refractivity contribution in [1.29, 1.82) is 0 Å². The lowest BCUT2D eigenvalue weighted by Crippen LogP contribution is -1.94. The maximum Gasteiger partial charge on any atom is 0.223 e. The molecule has 0 aliphatic carbocycles. The number of aromatic nitrogens is 1. The summed E-state index contributed by atoms with van der Waals surface area (Å²) in [7, 11) is 0. The zero-order valence-corrected chi connectivity index (χ0v) is 11.3. The molecule has 0 radical (unpaired) electrons. The predicted molar refractivity (Wildman–Crippen MR) is 72.0 cm³/mol. The third kappa shape index (κ3) is 3.15. The lowest BCUT2D eigenvalue weighted by Gasteiger charge is -2.08. The highest BCUT2D eigenvalue weighted by molar-refractivity contribution is 7.98. The van der Waals surface area contributed by atoms with Crippen LogP contribution in [0.4, 0.5) is 4.39 Å². The number of halogens is 2. The van der Waals surface area contributed by atoms with Gasteiger partial charge in [0.1, 0.15) is 11.6 Å². The van der Waals surface area contributed by atoms with E-state index in [1.807, 2.05) is 30.5 Å². The first-order valence-corrected chi connectivity index (χ1v) is 7.01. The van der Waals surface area contributed by atoms with Gasteiger partial charge in [-0.3, -0.25) is 0 Å². The van der Waals surface area contributed by atoms with Gasteiger partial charge in [0.2, 0.25) is 5.88 Å². The van der Waals surface area contributed by atoms with E-state index in [4.69, 9.17) is 16.3 Å². The number of thioether (sulfide) groups is 1. The minimum atomic E-state index is -0.421. The monoisotopic (exact) mass is 283 g/mol. The van der Waals surface area contributed by atoms with Gasteiger partial charge in [-0.25, -0.2) is 9.37 Å². The second kappa shape index (κ2) is 6.07. The van der Waals surface area contributed by atoms with Crippen LogP contribution in [0.15, 0.2) is 41.4 Å². The Morgan fingerprint density at radius 3 is 2.67 bits per heavy atom. The van der Waals surface area contributed by atoms with E-state index in [-0.39, 0.29) is 5.88 Å². The topological polar surface area (TPSA) is 22.1 Å². The van der Waals surface area contributed by atoms with Crippen molar-refractivity contribution < 1.29 is 9.13 Å². The van der Waals surface area contributed by atoms with Gasteiger partial charge in [-0.2, -0.15) is 0 Å². The van der Waals surface area contributed by atoms with Crippen molar-refractivity contribution in [2.24, 2.45) is 0 Å².